The van der Waals surface area contributed by atoms with E-state index >= 15 is 0 Å². The summed E-state index contributed by atoms with van der Waals surface area (Å²) in [5.74, 6) is -2.42. The average molecular weight is 469 g/mol. The van der Waals surface area contributed by atoms with Gasteiger partial charge in [0, 0.05) is 12.1 Å². The number of benzene rings is 2. The van der Waals surface area contributed by atoms with Crippen molar-refractivity contribution in [3.05, 3.63) is 63.9 Å². The van der Waals surface area contributed by atoms with Crippen molar-refractivity contribution in [2.45, 2.75) is 31.7 Å². The Morgan fingerprint density at radius 1 is 1.18 bits per heavy atom. The van der Waals surface area contributed by atoms with Crippen molar-refractivity contribution in [1.29, 1.82) is 0 Å². The lowest BCUT2D eigenvalue weighted by Crippen LogP contribution is -2.39. The van der Waals surface area contributed by atoms with Gasteiger partial charge in [-0.1, -0.05) is 18.2 Å². The highest BCUT2D eigenvalue weighted by atomic mass is 16.4. The second kappa shape index (κ2) is 10.6. The lowest BCUT2D eigenvalue weighted by Gasteiger charge is -2.21. The van der Waals surface area contributed by atoms with E-state index in [9.17, 15) is 29.4 Å². The Balaban J connectivity index is 1.72. The van der Waals surface area contributed by atoms with Crippen LogP contribution in [0.1, 0.15) is 30.2 Å². The van der Waals surface area contributed by atoms with Crippen LogP contribution in [0, 0.1) is 0 Å². The van der Waals surface area contributed by atoms with Crippen LogP contribution in [0.2, 0.25) is 0 Å². The summed E-state index contributed by atoms with van der Waals surface area (Å²) in [6.07, 6.45) is -1.31. The van der Waals surface area contributed by atoms with Gasteiger partial charge in [-0.2, -0.15) is 0 Å². The maximum Gasteiger partial charge on any atom is 0.320 e. The fraction of sp³-hybridized carbons (Fsp3) is 0.227. The Morgan fingerprint density at radius 3 is 2.50 bits per heavy atom. The van der Waals surface area contributed by atoms with E-state index in [0.29, 0.717) is 34.1 Å². The summed E-state index contributed by atoms with van der Waals surface area (Å²) in [4.78, 5) is 53.7. The highest BCUT2D eigenvalue weighted by Gasteiger charge is 2.22. The van der Waals surface area contributed by atoms with Crippen molar-refractivity contribution in [2.24, 2.45) is 0 Å². The van der Waals surface area contributed by atoms with Crippen LogP contribution in [0.15, 0.2) is 47.3 Å². The molecule has 0 fully saturated rings. The van der Waals surface area contributed by atoms with E-state index < -0.39 is 29.8 Å². The molecule has 1 amide bonds. The van der Waals surface area contributed by atoms with E-state index in [4.69, 9.17) is 10.8 Å². The van der Waals surface area contributed by atoms with E-state index in [-0.39, 0.29) is 25.3 Å². The van der Waals surface area contributed by atoms with Gasteiger partial charge in [0.15, 0.2) is 0 Å². The van der Waals surface area contributed by atoms with Crippen LogP contribution in [0.25, 0.3) is 10.9 Å². The number of carboxylic acids is 2. The number of fused-ring (bicyclic) bond motifs is 1. The normalized spacial score (nSPS) is 12.7. The van der Waals surface area contributed by atoms with Gasteiger partial charge in [-0.15, -0.1) is 0 Å². The van der Waals surface area contributed by atoms with Gasteiger partial charge in [0.2, 0.25) is 12.4 Å². The number of carbonyl (C=O) groups is 3. The number of carbonyl (C=O) groups excluding carboxylic acids is 1. The van der Waals surface area contributed by atoms with Crippen molar-refractivity contribution >= 4 is 40.9 Å². The molecule has 0 aliphatic carbocycles. The Bertz CT molecular complexity index is 1260. The van der Waals surface area contributed by atoms with Gasteiger partial charge in [0.05, 0.1) is 17.4 Å². The minimum atomic E-state index is -1.36. The largest absolute Gasteiger partial charge is 0.481 e. The molecular weight excluding hydrogens is 446 g/mol. The molecule has 0 saturated heterocycles. The third-order valence-electron chi connectivity index (χ3n) is 5.11. The summed E-state index contributed by atoms with van der Waals surface area (Å²) in [6, 6.07) is 9.87. The number of nitrogen functional groups attached to an aromatic ring is 1. The Hall–Kier alpha value is -4.29. The fourth-order valence-electron chi connectivity index (χ4n) is 3.37. The van der Waals surface area contributed by atoms with E-state index in [0.717, 1.165) is 0 Å². The standard InChI is InChI=1S/C22H23N5O7/c23-22-25-16-6-1-12(9-15(16)20(32)26-22)10-27(11-28)14-4-2-13(3-5-14)19(31)24-17(21(33)34)7-8-18(29)30/h1-6,9,11,17,19,24,31H,7-8,10H2,(H,29,30)(H,33,34)(H3,23,25,26,32)/t17-,19?/m0/s1. The number of amides is 1. The van der Waals surface area contributed by atoms with Gasteiger partial charge in [-0.25, -0.2) is 4.98 Å². The minimum absolute atomic E-state index is 0.00750. The first-order valence-corrected chi connectivity index (χ1v) is 10.2. The molecule has 1 heterocycles. The number of aromatic amines is 1. The molecule has 12 nitrogen and oxygen atoms in total. The Labute approximate surface area is 192 Å². The van der Waals surface area contributed by atoms with Crippen LogP contribution in [-0.2, 0) is 20.9 Å². The second-order valence-electron chi connectivity index (χ2n) is 7.52. The van der Waals surface area contributed by atoms with Crippen LogP contribution in [0.5, 0.6) is 0 Å². The number of aliphatic hydroxyl groups excluding tert-OH is 1. The van der Waals surface area contributed by atoms with E-state index in [1.54, 1.807) is 30.3 Å². The van der Waals surface area contributed by atoms with Gasteiger partial charge < -0.3 is 26.0 Å². The SMILES string of the molecule is Nc1nc2ccc(CN(C=O)c3ccc(C(O)N[C@@H](CCC(=O)O)C(=O)O)cc3)cc2c(=O)[nH]1. The van der Waals surface area contributed by atoms with Crippen molar-refractivity contribution in [1.82, 2.24) is 15.3 Å². The minimum Gasteiger partial charge on any atom is -0.481 e. The number of anilines is 2. The fourth-order valence-corrected chi connectivity index (χ4v) is 3.37. The van der Waals surface area contributed by atoms with Crippen molar-refractivity contribution in [2.75, 3.05) is 10.6 Å². The average Bonchev–Trinajstić information content (AvgIpc) is 2.80. The van der Waals surface area contributed by atoms with Crippen LogP contribution < -0.4 is 21.5 Å². The molecule has 7 N–H and O–H groups in total. The summed E-state index contributed by atoms with van der Waals surface area (Å²) >= 11 is 0. The van der Waals surface area contributed by atoms with Gasteiger partial charge in [0.25, 0.3) is 5.56 Å². The zero-order valence-corrected chi connectivity index (χ0v) is 17.8. The van der Waals surface area contributed by atoms with Gasteiger partial charge in [-0.05, 0) is 41.8 Å². The first-order chi connectivity index (χ1) is 16.2. The monoisotopic (exact) mass is 469 g/mol. The lowest BCUT2D eigenvalue weighted by molar-refractivity contribution is -0.141. The molecule has 0 radical (unpaired) electrons. The molecule has 3 aromatic rings. The first-order valence-electron chi connectivity index (χ1n) is 10.2. The second-order valence-corrected chi connectivity index (χ2v) is 7.52. The van der Waals surface area contributed by atoms with Crippen molar-refractivity contribution < 1.29 is 29.7 Å². The molecular formula is C22H23N5O7. The van der Waals surface area contributed by atoms with Crippen molar-refractivity contribution in [3.8, 4) is 0 Å². The lowest BCUT2D eigenvalue weighted by atomic mass is 10.1. The number of H-pyrrole nitrogens is 1. The Kier molecular flexibility index (Phi) is 7.56. The maximum absolute atomic E-state index is 12.1. The molecule has 2 aromatic carbocycles. The van der Waals surface area contributed by atoms with Crippen LogP contribution >= 0.6 is 0 Å². The predicted octanol–water partition coefficient (Wildman–Crippen LogP) is 0.567. The molecule has 0 saturated carbocycles. The van der Waals surface area contributed by atoms with E-state index in [2.05, 4.69) is 15.3 Å². The van der Waals surface area contributed by atoms with E-state index in [1.807, 2.05) is 0 Å². The van der Waals surface area contributed by atoms with Crippen LogP contribution in [0.3, 0.4) is 0 Å². The van der Waals surface area contributed by atoms with Gasteiger partial charge in [0.1, 0.15) is 12.3 Å². The number of nitrogens with zero attached hydrogens (tertiary/aromatic N) is 2. The smallest absolute Gasteiger partial charge is 0.320 e. The molecule has 2 atom stereocenters. The number of nitrogens with one attached hydrogen (secondary N) is 2. The first kappa shape index (κ1) is 24.4. The topological polar surface area (TPSA) is 199 Å². The van der Waals surface area contributed by atoms with Crippen LogP contribution in [0.4, 0.5) is 11.6 Å². The Morgan fingerprint density at radius 2 is 1.88 bits per heavy atom. The number of hydrogen-bond donors (Lipinski definition) is 6. The molecule has 1 unspecified atom stereocenters. The molecule has 178 valence electrons. The van der Waals surface area contributed by atoms with Crippen molar-refractivity contribution in [3.63, 3.8) is 0 Å². The summed E-state index contributed by atoms with van der Waals surface area (Å²) in [5, 5.41) is 31.1. The number of aliphatic hydroxyl groups is 1. The molecule has 12 heteroatoms. The zero-order chi connectivity index (χ0) is 24.8. The molecule has 3 rings (SSSR count). The molecule has 34 heavy (non-hydrogen) atoms. The van der Waals surface area contributed by atoms with Gasteiger partial charge in [-0.3, -0.25) is 29.5 Å². The number of carboxylic acid groups (broad SMARTS) is 2. The summed E-state index contributed by atoms with van der Waals surface area (Å²) in [5.41, 5.74) is 7.08. The van der Waals surface area contributed by atoms with E-state index in [1.165, 1.54) is 17.0 Å². The number of aliphatic carboxylic acids is 2. The quantitative estimate of drug-likeness (QED) is 0.170. The number of rotatable bonds is 11. The highest BCUT2D eigenvalue weighted by molar-refractivity contribution is 5.80. The molecule has 1 aromatic heterocycles. The molecule has 0 bridgehead atoms. The maximum atomic E-state index is 12.1. The number of aromatic nitrogens is 2. The molecule has 0 aliphatic rings. The predicted molar refractivity (Wildman–Crippen MR) is 122 cm³/mol. The highest BCUT2D eigenvalue weighted by Crippen LogP contribution is 2.21. The van der Waals surface area contributed by atoms with Gasteiger partial charge >= 0.3 is 11.9 Å². The summed E-state index contributed by atoms with van der Waals surface area (Å²) in [6.45, 7) is 0.152. The summed E-state index contributed by atoms with van der Waals surface area (Å²) < 4.78 is 0. The van der Waals surface area contributed by atoms with Crippen LogP contribution in [-0.4, -0.2) is 49.7 Å². The summed E-state index contributed by atoms with van der Waals surface area (Å²) in [7, 11) is 0. The number of hydrogen-bond acceptors (Lipinski definition) is 8. The number of nitrogens with two attached hydrogens (primary N) is 1. The molecule has 0 spiro atoms. The third-order valence-corrected chi connectivity index (χ3v) is 5.11. The molecule has 0 aliphatic heterocycles. The zero-order valence-electron chi connectivity index (χ0n) is 17.8. The third kappa shape index (κ3) is 5.94.